The Bertz CT molecular complexity index is 609. The second-order valence-corrected chi connectivity index (χ2v) is 6.42. The smallest absolute Gasteiger partial charge is 0.321 e. The quantitative estimate of drug-likeness (QED) is 0.901. The summed E-state index contributed by atoms with van der Waals surface area (Å²) in [6.45, 7) is 7.01. The highest BCUT2D eigenvalue weighted by molar-refractivity contribution is 6.42. The molecule has 0 fully saturated rings. The van der Waals surface area contributed by atoms with E-state index in [4.69, 9.17) is 27.9 Å². The van der Waals surface area contributed by atoms with Crippen LogP contribution in [0.15, 0.2) is 30.6 Å². The number of halogens is 2. The van der Waals surface area contributed by atoms with Crippen LogP contribution in [0.1, 0.15) is 26.3 Å². The summed E-state index contributed by atoms with van der Waals surface area (Å²) < 4.78 is 5.53. The van der Waals surface area contributed by atoms with Crippen LogP contribution in [0.25, 0.3) is 0 Å². The molecular formula is C15H17Cl2N3O. The Kier molecular flexibility index (Phi) is 5.04. The van der Waals surface area contributed by atoms with Gasteiger partial charge in [-0.15, -0.1) is 0 Å². The van der Waals surface area contributed by atoms with Gasteiger partial charge >= 0.3 is 6.01 Å². The average Bonchev–Trinajstić information content (AvgIpc) is 2.42. The van der Waals surface area contributed by atoms with Crippen LogP contribution in [0.5, 0.6) is 11.8 Å². The Hall–Kier alpha value is -1.36. The van der Waals surface area contributed by atoms with Crippen molar-refractivity contribution in [3.05, 3.63) is 46.2 Å². The van der Waals surface area contributed by atoms with Gasteiger partial charge in [-0.1, -0.05) is 29.3 Å². The van der Waals surface area contributed by atoms with E-state index in [1.807, 2.05) is 0 Å². The molecule has 2 aromatic rings. The normalized spacial score (nSPS) is 11.5. The molecule has 1 heterocycles. The van der Waals surface area contributed by atoms with Crippen molar-refractivity contribution in [3.63, 3.8) is 0 Å². The maximum Gasteiger partial charge on any atom is 0.321 e. The van der Waals surface area contributed by atoms with Gasteiger partial charge in [-0.3, -0.25) is 0 Å². The predicted molar refractivity (Wildman–Crippen MR) is 85.2 cm³/mol. The van der Waals surface area contributed by atoms with Crippen LogP contribution in [-0.2, 0) is 6.54 Å². The molecule has 0 unspecified atom stereocenters. The molecule has 0 aliphatic carbocycles. The number of benzene rings is 1. The largest absolute Gasteiger partial charge is 0.423 e. The molecule has 0 aliphatic heterocycles. The Balaban J connectivity index is 2.04. The summed E-state index contributed by atoms with van der Waals surface area (Å²) in [5, 5.41) is 4.14. The predicted octanol–water partition coefficient (Wildman–Crippen LogP) is 4.46. The van der Waals surface area contributed by atoms with Gasteiger partial charge in [0.2, 0.25) is 0 Å². The third kappa shape index (κ3) is 4.84. The first-order valence-electron chi connectivity index (χ1n) is 6.53. The third-order valence-corrected chi connectivity index (χ3v) is 3.42. The van der Waals surface area contributed by atoms with E-state index >= 15 is 0 Å². The molecule has 0 aliphatic rings. The van der Waals surface area contributed by atoms with Crippen molar-refractivity contribution in [1.82, 2.24) is 15.3 Å². The lowest BCUT2D eigenvalue weighted by Gasteiger charge is -2.20. The lowest BCUT2D eigenvalue weighted by molar-refractivity contribution is 0.420. The number of aromatic nitrogens is 2. The Morgan fingerprint density at radius 2 is 1.81 bits per heavy atom. The zero-order valence-electron chi connectivity index (χ0n) is 12.2. The minimum Gasteiger partial charge on any atom is -0.423 e. The molecule has 1 aromatic carbocycles. The molecular weight excluding hydrogens is 309 g/mol. The van der Waals surface area contributed by atoms with Gasteiger partial charge in [-0.05, 0) is 32.9 Å². The van der Waals surface area contributed by atoms with Gasteiger partial charge in [0.1, 0.15) is 5.02 Å². The first kappa shape index (κ1) is 16.0. The van der Waals surface area contributed by atoms with Crippen molar-refractivity contribution in [2.75, 3.05) is 0 Å². The molecule has 2 rings (SSSR count). The van der Waals surface area contributed by atoms with E-state index in [2.05, 4.69) is 36.1 Å². The van der Waals surface area contributed by atoms with Crippen LogP contribution in [0.2, 0.25) is 10.0 Å². The van der Waals surface area contributed by atoms with Crippen LogP contribution in [0.4, 0.5) is 0 Å². The minimum absolute atomic E-state index is 0.0451. The third-order valence-electron chi connectivity index (χ3n) is 2.62. The Morgan fingerprint density at radius 3 is 2.43 bits per heavy atom. The Labute approximate surface area is 134 Å². The molecule has 112 valence electrons. The van der Waals surface area contributed by atoms with Gasteiger partial charge in [0.15, 0.2) is 5.75 Å². The first-order valence-corrected chi connectivity index (χ1v) is 7.28. The highest BCUT2D eigenvalue weighted by Crippen LogP contribution is 2.33. The molecule has 4 nitrogen and oxygen atoms in total. The van der Waals surface area contributed by atoms with Crippen molar-refractivity contribution in [3.8, 4) is 11.8 Å². The standard InChI is InChI=1S/C15H17Cl2N3O/c1-15(2,3)20-9-10-7-18-14(19-8-10)21-12-6-4-5-11(16)13(12)17/h4-8,20H,9H2,1-3H3. The van der Waals surface area contributed by atoms with E-state index in [-0.39, 0.29) is 11.5 Å². The number of nitrogens with one attached hydrogen (secondary N) is 1. The average molecular weight is 326 g/mol. The highest BCUT2D eigenvalue weighted by atomic mass is 35.5. The summed E-state index contributed by atoms with van der Waals surface area (Å²) in [4.78, 5) is 8.34. The fourth-order valence-corrected chi connectivity index (χ4v) is 1.85. The molecule has 0 saturated heterocycles. The lowest BCUT2D eigenvalue weighted by Crippen LogP contribution is -2.35. The number of hydrogen-bond donors (Lipinski definition) is 1. The summed E-state index contributed by atoms with van der Waals surface area (Å²) in [5.41, 5.74) is 1.03. The zero-order valence-corrected chi connectivity index (χ0v) is 13.7. The van der Waals surface area contributed by atoms with Gasteiger partial charge in [0.05, 0.1) is 5.02 Å². The molecule has 0 radical (unpaired) electrons. The summed E-state index contributed by atoms with van der Waals surface area (Å²) >= 11 is 12.0. The second kappa shape index (κ2) is 6.60. The van der Waals surface area contributed by atoms with Crippen LogP contribution in [-0.4, -0.2) is 15.5 Å². The number of ether oxygens (including phenoxy) is 1. The first-order chi connectivity index (χ1) is 9.85. The summed E-state index contributed by atoms with van der Waals surface area (Å²) in [5.74, 6) is 0.435. The molecule has 0 amide bonds. The van der Waals surface area contributed by atoms with E-state index in [0.717, 1.165) is 5.56 Å². The van der Waals surface area contributed by atoms with Crippen molar-refractivity contribution in [2.24, 2.45) is 0 Å². The maximum atomic E-state index is 6.05. The number of nitrogens with zero attached hydrogens (tertiary/aromatic N) is 2. The van der Waals surface area contributed by atoms with Gasteiger partial charge in [-0.2, -0.15) is 0 Å². The fraction of sp³-hybridized carbons (Fsp3) is 0.333. The number of hydrogen-bond acceptors (Lipinski definition) is 4. The summed E-state index contributed by atoms with van der Waals surface area (Å²) in [6.07, 6.45) is 3.44. The molecule has 0 atom stereocenters. The van der Waals surface area contributed by atoms with Crippen molar-refractivity contribution >= 4 is 23.2 Å². The summed E-state index contributed by atoms with van der Waals surface area (Å²) in [7, 11) is 0. The molecule has 0 saturated carbocycles. The molecule has 0 spiro atoms. The lowest BCUT2D eigenvalue weighted by atomic mass is 10.1. The minimum atomic E-state index is 0.0451. The molecule has 21 heavy (non-hydrogen) atoms. The van der Waals surface area contributed by atoms with Gasteiger partial charge < -0.3 is 10.1 Å². The van der Waals surface area contributed by atoms with Gasteiger partial charge in [0, 0.05) is 30.0 Å². The molecule has 1 aromatic heterocycles. The highest BCUT2D eigenvalue weighted by Gasteiger charge is 2.10. The molecule has 0 bridgehead atoms. The zero-order chi connectivity index (χ0) is 15.5. The van der Waals surface area contributed by atoms with E-state index in [0.29, 0.717) is 22.3 Å². The monoisotopic (exact) mass is 325 g/mol. The van der Waals surface area contributed by atoms with E-state index < -0.39 is 0 Å². The van der Waals surface area contributed by atoms with Crippen LogP contribution in [0, 0.1) is 0 Å². The van der Waals surface area contributed by atoms with E-state index in [9.17, 15) is 0 Å². The van der Waals surface area contributed by atoms with Crippen LogP contribution in [0.3, 0.4) is 0 Å². The van der Waals surface area contributed by atoms with Gasteiger partial charge in [-0.25, -0.2) is 9.97 Å². The maximum absolute atomic E-state index is 6.05. The molecule has 6 heteroatoms. The topological polar surface area (TPSA) is 47.0 Å². The SMILES string of the molecule is CC(C)(C)NCc1cnc(Oc2cccc(Cl)c2Cl)nc1. The van der Waals surface area contributed by atoms with E-state index in [1.165, 1.54) is 0 Å². The summed E-state index contributed by atoms with van der Waals surface area (Å²) in [6, 6.07) is 5.40. The van der Waals surface area contributed by atoms with Crippen LogP contribution < -0.4 is 10.1 Å². The van der Waals surface area contributed by atoms with Crippen molar-refractivity contribution < 1.29 is 4.74 Å². The van der Waals surface area contributed by atoms with Crippen molar-refractivity contribution in [2.45, 2.75) is 32.9 Å². The van der Waals surface area contributed by atoms with Crippen molar-refractivity contribution in [1.29, 1.82) is 0 Å². The number of rotatable bonds is 4. The second-order valence-electron chi connectivity index (χ2n) is 5.63. The van der Waals surface area contributed by atoms with Gasteiger partial charge in [0.25, 0.3) is 0 Å². The fourth-order valence-electron chi connectivity index (χ4n) is 1.52. The molecule has 1 N–H and O–H groups in total. The Morgan fingerprint density at radius 1 is 1.14 bits per heavy atom. The van der Waals surface area contributed by atoms with Crippen LogP contribution >= 0.6 is 23.2 Å². The van der Waals surface area contributed by atoms with E-state index in [1.54, 1.807) is 30.6 Å².